The zero-order valence-electron chi connectivity index (χ0n) is 10.4. The van der Waals surface area contributed by atoms with Crippen LogP contribution in [0.3, 0.4) is 0 Å². The van der Waals surface area contributed by atoms with Gasteiger partial charge in [-0.1, -0.05) is 0 Å². The molecule has 16 heavy (non-hydrogen) atoms. The molecule has 3 heteroatoms. The van der Waals surface area contributed by atoms with Crippen LogP contribution in [0.4, 0.5) is 0 Å². The fourth-order valence-corrected chi connectivity index (χ4v) is 2.34. The van der Waals surface area contributed by atoms with Crippen molar-refractivity contribution >= 4 is 11.6 Å². The Morgan fingerprint density at radius 1 is 1.31 bits per heavy atom. The molecule has 0 saturated heterocycles. The molecule has 1 unspecified atom stereocenters. The van der Waals surface area contributed by atoms with Gasteiger partial charge in [0.1, 0.15) is 5.75 Å². The highest BCUT2D eigenvalue weighted by Crippen LogP contribution is 2.31. The third-order valence-electron chi connectivity index (χ3n) is 3.12. The number of rotatable bonds is 4. The van der Waals surface area contributed by atoms with Gasteiger partial charge in [-0.2, -0.15) is 0 Å². The Morgan fingerprint density at radius 2 is 1.94 bits per heavy atom. The Kier molecular flexibility index (Phi) is 4.63. The van der Waals surface area contributed by atoms with Gasteiger partial charge in [-0.15, -0.1) is 11.6 Å². The monoisotopic (exact) mass is 241 g/mol. The van der Waals surface area contributed by atoms with Crippen molar-refractivity contribution in [2.24, 2.45) is 5.73 Å². The minimum Gasteiger partial charge on any atom is -0.496 e. The molecule has 1 aromatic rings. The van der Waals surface area contributed by atoms with Crippen molar-refractivity contribution in [3.8, 4) is 5.75 Å². The summed E-state index contributed by atoms with van der Waals surface area (Å²) in [4.78, 5) is 0. The zero-order chi connectivity index (χ0) is 12.3. The second-order valence-electron chi connectivity index (χ2n) is 4.14. The number of nitrogens with two attached hydrogens (primary N) is 1. The van der Waals surface area contributed by atoms with Crippen LogP contribution >= 0.6 is 11.6 Å². The molecule has 1 aromatic carbocycles. The highest BCUT2D eigenvalue weighted by atomic mass is 35.5. The van der Waals surface area contributed by atoms with Crippen LogP contribution in [-0.2, 0) is 0 Å². The molecule has 0 saturated carbocycles. The van der Waals surface area contributed by atoms with E-state index in [0.29, 0.717) is 5.88 Å². The van der Waals surface area contributed by atoms with Crippen molar-refractivity contribution in [2.45, 2.75) is 33.2 Å². The quantitative estimate of drug-likeness (QED) is 0.822. The van der Waals surface area contributed by atoms with Gasteiger partial charge in [-0.05, 0) is 55.5 Å². The van der Waals surface area contributed by atoms with Crippen molar-refractivity contribution in [1.29, 1.82) is 0 Å². The third kappa shape index (κ3) is 2.50. The van der Waals surface area contributed by atoms with Crippen LogP contribution in [0.2, 0.25) is 0 Å². The van der Waals surface area contributed by atoms with Gasteiger partial charge < -0.3 is 10.5 Å². The molecule has 0 spiro atoms. The van der Waals surface area contributed by atoms with E-state index >= 15 is 0 Å². The smallest absolute Gasteiger partial charge is 0.122 e. The first-order chi connectivity index (χ1) is 7.52. The van der Waals surface area contributed by atoms with Crippen LogP contribution in [0, 0.1) is 20.8 Å². The average molecular weight is 242 g/mol. The van der Waals surface area contributed by atoms with Crippen LogP contribution in [0.5, 0.6) is 5.75 Å². The van der Waals surface area contributed by atoms with E-state index in [2.05, 4.69) is 20.8 Å². The summed E-state index contributed by atoms with van der Waals surface area (Å²) in [5.41, 5.74) is 10.9. The maximum atomic E-state index is 6.14. The van der Waals surface area contributed by atoms with E-state index < -0.39 is 0 Å². The van der Waals surface area contributed by atoms with Gasteiger partial charge in [-0.25, -0.2) is 0 Å². The number of halogens is 1. The summed E-state index contributed by atoms with van der Waals surface area (Å²) in [5, 5.41) is 0. The highest BCUT2D eigenvalue weighted by Gasteiger charge is 2.15. The van der Waals surface area contributed by atoms with Crippen LogP contribution in [0.1, 0.15) is 34.7 Å². The molecule has 0 aliphatic carbocycles. The first-order valence-electron chi connectivity index (χ1n) is 5.49. The number of methoxy groups -OCH3 is 1. The fraction of sp³-hybridized carbons (Fsp3) is 0.538. The fourth-order valence-electron chi connectivity index (χ4n) is 2.11. The molecule has 2 nitrogen and oxygen atoms in total. The number of ether oxygens (including phenoxy) is 1. The van der Waals surface area contributed by atoms with Crippen molar-refractivity contribution < 1.29 is 4.74 Å². The van der Waals surface area contributed by atoms with Gasteiger partial charge in [0, 0.05) is 11.9 Å². The summed E-state index contributed by atoms with van der Waals surface area (Å²) in [6.45, 7) is 6.22. The molecule has 90 valence electrons. The minimum absolute atomic E-state index is 0.0158. The average Bonchev–Trinajstić information content (AvgIpc) is 2.24. The molecule has 0 amide bonds. The van der Waals surface area contributed by atoms with Gasteiger partial charge in [0.15, 0.2) is 0 Å². The Balaban J connectivity index is 3.24. The molecule has 1 atom stereocenters. The van der Waals surface area contributed by atoms with E-state index in [1.165, 1.54) is 16.7 Å². The number of alkyl halides is 1. The van der Waals surface area contributed by atoms with E-state index in [1.54, 1.807) is 7.11 Å². The van der Waals surface area contributed by atoms with Crippen molar-refractivity contribution in [2.75, 3.05) is 13.0 Å². The lowest BCUT2D eigenvalue weighted by atomic mass is 9.91. The lowest BCUT2D eigenvalue weighted by Gasteiger charge is -2.20. The topological polar surface area (TPSA) is 35.2 Å². The number of aryl methyl sites for hydroxylation is 1. The number of hydrogen-bond acceptors (Lipinski definition) is 2. The van der Waals surface area contributed by atoms with Crippen molar-refractivity contribution in [3.63, 3.8) is 0 Å². The lowest BCUT2D eigenvalue weighted by molar-refractivity contribution is 0.410. The van der Waals surface area contributed by atoms with Crippen LogP contribution in [-0.4, -0.2) is 13.0 Å². The summed E-state index contributed by atoms with van der Waals surface area (Å²) < 4.78 is 5.33. The summed E-state index contributed by atoms with van der Waals surface area (Å²) in [5.74, 6) is 1.52. The van der Waals surface area contributed by atoms with Gasteiger partial charge in [0.2, 0.25) is 0 Å². The second kappa shape index (κ2) is 5.55. The number of hydrogen-bond donors (Lipinski definition) is 1. The molecule has 0 bridgehead atoms. The molecular formula is C13H20ClNO. The maximum Gasteiger partial charge on any atom is 0.122 e. The highest BCUT2D eigenvalue weighted by molar-refractivity contribution is 6.17. The van der Waals surface area contributed by atoms with E-state index in [9.17, 15) is 0 Å². The first kappa shape index (κ1) is 13.3. The maximum absolute atomic E-state index is 6.14. The van der Waals surface area contributed by atoms with Gasteiger partial charge >= 0.3 is 0 Å². The largest absolute Gasteiger partial charge is 0.496 e. The molecule has 0 aliphatic rings. The summed E-state index contributed by atoms with van der Waals surface area (Å²) >= 11 is 5.74. The van der Waals surface area contributed by atoms with E-state index in [-0.39, 0.29) is 6.04 Å². The molecule has 2 N–H and O–H groups in total. The summed E-state index contributed by atoms with van der Waals surface area (Å²) in [6, 6.07) is 2.06. The van der Waals surface area contributed by atoms with Crippen molar-refractivity contribution in [3.05, 3.63) is 28.3 Å². The molecule has 0 heterocycles. The molecule has 0 fully saturated rings. The minimum atomic E-state index is 0.0158. The Labute approximate surface area is 103 Å². The van der Waals surface area contributed by atoms with Crippen LogP contribution < -0.4 is 10.5 Å². The molecule has 0 radical (unpaired) electrons. The number of benzene rings is 1. The van der Waals surface area contributed by atoms with Gasteiger partial charge in [-0.3, -0.25) is 0 Å². The molecule has 0 aromatic heterocycles. The third-order valence-corrected chi connectivity index (χ3v) is 3.34. The Hall–Kier alpha value is -0.730. The Morgan fingerprint density at radius 3 is 2.44 bits per heavy atom. The molecule has 0 aliphatic heterocycles. The SMILES string of the molecule is COc1cc(C)c(C(N)CCCl)c(C)c1C. The van der Waals surface area contributed by atoms with E-state index in [1.807, 2.05) is 6.07 Å². The van der Waals surface area contributed by atoms with E-state index in [4.69, 9.17) is 22.1 Å². The summed E-state index contributed by atoms with van der Waals surface area (Å²) in [7, 11) is 1.69. The lowest BCUT2D eigenvalue weighted by Crippen LogP contribution is -2.15. The first-order valence-corrected chi connectivity index (χ1v) is 6.02. The molecular weight excluding hydrogens is 222 g/mol. The van der Waals surface area contributed by atoms with Crippen molar-refractivity contribution in [1.82, 2.24) is 0 Å². The second-order valence-corrected chi connectivity index (χ2v) is 4.52. The normalized spacial score (nSPS) is 12.6. The van der Waals surface area contributed by atoms with Gasteiger partial charge in [0.05, 0.1) is 7.11 Å². The standard InChI is InChI=1S/C13H20ClNO/c1-8-7-12(16-4)9(2)10(3)13(8)11(15)5-6-14/h7,11H,5-6,15H2,1-4H3. The zero-order valence-corrected chi connectivity index (χ0v) is 11.2. The molecule has 1 rings (SSSR count). The van der Waals surface area contributed by atoms with Gasteiger partial charge in [0.25, 0.3) is 0 Å². The predicted molar refractivity (Wildman–Crippen MR) is 69.5 cm³/mol. The van der Waals surface area contributed by atoms with Crippen LogP contribution in [0.25, 0.3) is 0 Å². The van der Waals surface area contributed by atoms with E-state index in [0.717, 1.165) is 17.7 Å². The predicted octanol–water partition coefficient (Wildman–Crippen LogP) is 3.25. The summed E-state index contributed by atoms with van der Waals surface area (Å²) in [6.07, 6.45) is 0.801. The Bertz CT molecular complexity index is 377. The van der Waals surface area contributed by atoms with Crippen LogP contribution in [0.15, 0.2) is 6.07 Å².